The van der Waals surface area contributed by atoms with Gasteiger partial charge in [-0.1, -0.05) is 6.92 Å². The molecule has 1 amide bonds. The van der Waals surface area contributed by atoms with Crippen LogP contribution in [0.25, 0.3) is 0 Å². The van der Waals surface area contributed by atoms with E-state index in [9.17, 15) is 9.59 Å². The van der Waals surface area contributed by atoms with E-state index in [4.69, 9.17) is 9.84 Å². The zero-order chi connectivity index (χ0) is 11.4. The summed E-state index contributed by atoms with van der Waals surface area (Å²) in [6.07, 6.45) is 0.754. The molecule has 1 saturated heterocycles. The largest absolute Gasteiger partial charge is 0.480 e. The molecule has 0 aliphatic carbocycles. The Morgan fingerprint density at radius 1 is 1.60 bits per heavy atom. The Balaban J connectivity index is 2.76. The zero-order valence-corrected chi connectivity index (χ0v) is 9.62. The maximum absolute atomic E-state index is 11.7. The number of thioether (sulfide) groups is 1. The molecule has 6 heteroatoms. The number of methoxy groups -OCH3 is 1. The highest BCUT2D eigenvalue weighted by molar-refractivity contribution is 8.00. The molecule has 1 heterocycles. The lowest BCUT2D eigenvalue weighted by molar-refractivity contribution is -0.150. The first-order valence-electron chi connectivity index (χ1n) is 4.76. The van der Waals surface area contributed by atoms with Crippen LogP contribution in [0.15, 0.2) is 0 Å². The molecule has 0 radical (unpaired) electrons. The van der Waals surface area contributed by atoms with Crippen molar-refractivity contribution in [2.24, 2.45) is 0 Å². The number of carboxylic acid groups (broad SMARTS) is 1. The lowest BCUT2D eigenvalue weighted by Gasteiger charge is -2.26. The van der Waals surface area contributed by atoms with Gasteiger partial charge in [0.1, 0.15) is 12.6 Å². The highest BCUT2D eigenvalue weighted by Crippen LogP contribution is 2.31. The molecule has 1 fully saturated rings. The number of hydrogen-bond acceptors (Lipinski definition) is 4. The first-order valence-corrected chi connectivity index (χ1v) is 5.81. The minimum absolute atomic E-state index is 0.0336. The number of aliphatic carboxylic acids is 1. The van der Waals surface area contributed by atoms with E-state index >= 15 is 0 Å². The van der Waals surface area contributed by atoms with Crippen LogP contribution in [0.4, 0.5) is 0 Å². The molecule has 0 bridgehead atoms. The summed E-state index contributed by atoms with van der Waals surface area (Å²) in [7, 11) is 1.43. The number of carbonyl (C=O) groups excluding carboxylic acids is 1. The van der Waals surface area contributed by atoms with Crippen molar-refractivity contribution in [2.75, 3.05) is 19.5 Å². The summed E-state index contributed by atoms with van der Waals surface area (Å²) in [4.78, 5) is 24.0. The Bertz CT molecular complexity index is 258. The predicted molar refractivity (Wildman–Crippen MR) is 56.7 cm³/mol. The second kappa shape index (κ2) is 5.37. The highest BCUT2D eigenvalue weighted by Gasteiger charge is 2.40. The highest BCUT2D eigenvalue weighted by atomic mass is 32.2. The van der Waals surface area contributed by atoms with Gasteiger partial charge in [-0.25, -0.2) is 4.79 Å². The van der Waals surface area contributed by atoms with Crippen LogP contribution in [0.5, 0.6) is 0 Å². The monoisotopic (exact) mass is 233 g/mol. The van der Waals surface area contributed by atoms with Crippen molar-refractivity contribution in [3.8, 4) is 0 Å². The van der Waals surface area contributed by atoms with Crippen LogP contribution in [0.3, 0.4) is 0 Å². The van der Waals surface area contributed by atoms with Gasteiger partial charge in [0, 0.05) is 12.9 Å². The summed E-state index contributed by atoms with van der Waals surface area (Å²) in [5.41, 5.74) is 0. The fourth-order valence-corrected chi connectivity index (χ4v) is 2.97. The van der Waals surface area contributed by atoms with Gasteiger partial charge in [0.2, 0.25) is 5.91 Å². The fraction of sp³-hybridized carbons (Fsp3) is 0.778. The zero-order valence-electron chi connectivity index (χ0n) is 8.80. The minimum Gasteiger partial charge on any atom is -0.480 e. The Hall–Kier alpha value is -0.750. The molecule has 0 aromatic heterocycles. The Morgan fingerprint density at radius 2 is 2.27 bits per heavy atom. The average molecular weight is 233 g/mol. The van der Waals surface area contributed by atoms with Crippen molar-refractivity contribution in [1.29, 1.82) is 0 Å². The molecule has 86 valence electrons. The quantitative estimate of drug-likeness (QED) is 0.761. The molecule has 0 saturated carbocycles. The number of amides is 1. The van der Waals surface area contributed by atoms with Crippen molar-refractivity contribution >= 4 is 23.6 Å². The first kappa shape index (κ1) is 12.3. The maximum atomic E-state index is 11.7. The molecule has 1 N–H and O–H groups in total. The van der Waals surface area contributed by atoms with Gasteiger partial charge in [-0.2, -0.15) is 0 Å². The molecule has 2 unspecified atom stereocenters. The van der Waals surface area contributed by atoms with Crippen molar-refractivity contribution in [2.45, 2.75) is 24.8 Å². The van der Waals surface area contributed by atoms with E-state index in [2.05, 4.69) is 0 Å². The topological polar surface area (TPSA) is 66.8 Å². The van der Waals surface area contributed by atoms with E-state index < -0.39 is 12.0 Å². The van der Waals surface area contributed by atoms with E-state index in [0.717, 1.165) is 6.42 Å². The summed E-state index contributed by atoms with van der Waals surface area (Å²) < 4.78 is 4.74. The van der Waals surface area contributed by atoms with Gasteiger partial charge < -0.3 is 14.7 Å². The number of rotatable bonds is 4. The first-order chi connectivity index (χ1) is 7.11. The minimum atomic E-state index is -0.942. The summed E-state index contributed by atoms with van der Waals surface area (Å²) >= 11 is 1.51. The van der Waals surface area contributed by atoms with Crippen molar-refractivity contribution < 1.29 is 19.4 Å². The smallest absolute Gasteiger partial charge is 0.327 e. The number of nitrogens with zero attached hydrogens (tertiary/aromatic N) is 1. The molecular weight excluding hydrogens is 218 g/mol. The van der Waals surface area contributed by atoms with Gasteiger partial charge in [-0.3, -0.25) is 4.79 Å². The van der Waals surface area contributed by atoms with Crippen LogP contribution in [0.1, 0.15) is 13.3 Å². The van der Waals surface area contributed by atoms with Crippen LogP contribution >= 0.6 is 11.8 Å². The van der Waals surface area contributed by atoms with E-state index in [1.807, 2.05) is 6.92 Å². The van der Waals surface area contributed by atoms with Crippen LogP contribution in [0, 0.1) is 0 Å². The van der Waals surface area contributed by atoms with Gasteiger partial charge in [0.15, 0.2) is 0 Å². The lowest BCUT2D eigenvalue weighted by Crippen LogP contribution is -2.46. The molecule has 15 heavy (non-hydrogen) atoms. The summed E-state index contributed by atoms with van der Waals surface area (Å²) in [5.74, 6) is -0.729. The average Bonchev–Trinajstić information content (AvgIpc) is 2.61. The molecular formula is C9H15NO4S. The van der Waals surface area contributed by atoms with Gasteiger partial charge >= 0.3 is 5.97 Å². The summed E-state index contributed by atoms with van der Waals surface area (Å²) in [5, 5.41) is 8.93. The number of ether oxygens (including phenoxy) is 1. The Morgan fingerprint density at radius 3 is 2.73 bits per heavy atom. The third kappa shape index (κ3) is 2.63. The van der Waals surface area contributed by atoms with Crippen molar-refractivity contribution in [3.63, 3.8) is 0 Å². The Kier molecular flexibility index (Phi) is 4.41. The van der Waals surface area contributed by atoms with E-state index in [0.29, 0.717) is 5.75 Å². The van der Waals surface area contributed by atoms with Gasteiger partial charge in [0.25, 0.3) is 0 Å². The number of carbonyl (C=O) groups is 2. The maximum Gasteiger partial charge on any atom is 0.327 e. The third-order valence-electron chi connectivity index (χ3n) is 2.28. The number of hydrogen-bond donors (Lipinski definition) is 1. The summed E-state index contributed by atoms with van der Waals surface area (Å²) in [6.45, 7) is 1.88. The second-order valence-electron chi connectivity index (χ2n) is 3.28. The van der Waals surface area contributed by atoms with E-state index in [-0.39, 0.29) is 17.9 Å². The molecule has 2 atom stereocenters. The van der Waals surface area contributed by atoms with Crippen molar-refractivity contribution in [1.82, 2.24) is 4.90 Å². The lowest BCUT2D eigenvalue weighted by atomic mass is 10.2. The number of carboxylic acids is 1. The van der Waals surface area contributed by atoms with Crippen LogP contribution in [0.2, 0.25) is 0 Å². The Labute approximate surface area is 92.8 Å². The van der Waals surface area contributed by atoms with Crippen LogP contribution in [-0.4, -0.2) is 52.8 Å². The third-order valence-corrected chi connectivity index (χ3v) is 3.74. The molecule has 1 aliphatic rings. The molecule has 0 spiro atoms. The second-order valence-corrected chi connectivity index (χ2v) is 4.50. The van der Waals surface area contributed by atoms with Crippen molar-refractivity contribution in [3.05, 3.63) is 0 Å². The molecule has 5 nitrogen and oxygen atoms in total. The van der Waals surface area contributed by atoms with E-state index in [1.54, 1.807) is 0 Å². The van der Waals surface area contributed by atoms with E-state index in [1.165, 1.54) is 23.8 Å². The van der Waals surface area contributed by atoms with Crippen LogP contribution < -0.4 is 0 Å². The van der Waals surface area contributed by atoms with Gasteiger partial charge in [-0.15, -0.1) is 11.8 Å². The fourth-order valence-electron chi connectivity index (χ4n) is 1.60. The molecule has 0 aromatic carbocycles. The summed E-state index contributed by atoms with van der Waals surface area (Å²) in [6, 6.07) is -0.706. The van der Waals surface area contributed by atoms with Gasteiger partial charge in [0.05, 0.1) is 5.37 Å². The SMILES string of the molecule is CCC1SCC(C(=O)O)N1C(=O)COC. The van der Waals surface area contributed by atoms with Crippen LogP contribution in [-0.2, 0) is 14.3 Å². The molecule has 1 aliphatic heterocycles. The molecule has 1 rings (SSSR count). The molecule has 0 aromatic rings. The predicted octanol–water partition coefficient (Wildman–Crippen LogP) is 0.397. The van der Waals surface area contributed by atoms with Gasteiger partial charge in [-0.05, 0) is 6.42 Å². The normalized spacial score (nSPS) is 25.6. The standard InChI is InChI=1S/C9H15NO4S/c1-3-8-10(7(11)4-14-2)6(5-15-8)9(12)13/h6,8H,3-5H2,1-2H3,(H,12,13).